The lowest BCUT2D eigenvalue weighted by Crippen LogP contribution is -1.85. The number of nitrogens with one attached hydrogen (secondary N) is 1. The quantitative estimate of drug-likeness (QED) is 0.694. The zero-order valence-corrected chi connectivity index (χ0v) is 11.8. The predicted molar refractivity (Wildman–Crippen MR) is 78.5 cm³/mol. The summed E-state index contributed by atoms with van der Waals surface area (Å²) in [5, 5.41) is 0.677. The molecule has 100 valence electrons. The topological polar surface area (TPSA) is 50.8 Å². The van der Waals surface area contributed by atoms with Gasteiger partial charge in [0.25, 0.3) is 0 Å². The SMILES string of the molecule is Clc1cc2[nH]c(-c3ccc4c(c3)CCO4)nc2nc1Cl. The molecule has 0 unspecified atom stereocenters. The zero-order valence-electron chi connectivity index (χ0n) is 10.3. The van der Waals surface area contributed by atoms with E-state index in [1.165, 1.54) is 5.56 Å². The minimum Gasteiger partial charge on any atom is -0.493 e. The molecule has 20 heavy (non-hydrogen) atoms. The summed E-state index contributed by atoms with van der Waals surface area (Å²) in [5.41, 5.74) is 3.53. The Morgan fingerprint density at radius 2 is 2.05 bits per heavy atom. The molecule has 1 aliphatic rings. The third-order valence-corrected chi connectivity index (χ3v) is 4.02. The number of nitrogens with zero attached hydrogens (tertiary/aromatic N) is 2. The average molecular weight is 306 g/mol. The largest absolute Gasteiger partial charge is 0.493 e. The summed E-state index contributed by atoms with van der Waals surface area (Å²) in [6.07, 6.45) is 0.930. The number of hydrogen-bond acceptors (Lipinski definition) is 3. The van der Waals surface area contributed by atoms with E-state index in [4.69, 9.17) is 27.9 Å². The summed E-state index contributed by atoms with van der Waals surface area (Å²) in [4.78, 5) is 11.8. The number of halogens is 2. The predicted octanol–water partition coefficient (Wildman–Crippen LogP) is 3.87. The molecule has 6 heteroatoms. The Kier molecular flexibility index (Phi) is 2.62. The van der Waals surface area contributed by atoms with Crippen molar-refractivity contribution in [2.45, 2.75) is 6.42 Å². The number of benzene rings is 1. The fraction of sp³-hybridized carbons (Fsp3) is 0.143. The van der Waals surface area contributed by atoms with E-state index in [2.05, 4.69) is 21.0 Å². The molecule has 0 saturated carbocycles. The lowest BCUT2D eigenvalue weighted by Gasteiger charge is -2.00. The molecule has 2 aromatic heterocycles. The molecular formula is C14H9Cl2N3O. The van der Waals surface area contributed by atoms with Crippen molar-refractivity contribution >= 4 is 34.4 Å². The highest BCUT2D eigenvalue weighted by Crippen LogP contribution is 2.31. The molecule has 0 atom stereocenters. The maximum atomic E-state index is 5.96. The van der Waals surface area contributed by atoms with E-state index < -0.39 is 0 Å². The average Bonchev–Trinajstić information content (AvgIpc) is 3.04. The summed E-state index contributed by atoms with van der Waals surface area (Å²) in [6.45, 7) is 0.742. The van der Waals surface area contributed by atoms with E-state index in [9.17, 15) is 0 Å². The van der Waals surface area contributed by atoms with Crippen molar-refractivity contribution in [1.82, 2.24) is 15.0 Å². The highest BCUT2D eigenvalue weighted by atomic mass is 35.5. The number of rotatable bonds is 1. The van der Waals surface area contributed by atoms with Crippen molar-refractivity contribution in [3.05, 3.63) is 40.0 Å². The minimum absolute atomic E-state index is 0.263. The third kappa shape index (κ3) is 1.84. The van der Waals surface area contributed by atoms with Gasteiger partial charge in [0.1, 0.15) is 16.7 Å². The zero-order chi connectivity index (χ0) is 13.7. The van der Waals surface area contributed by atoms with Gasteiger partial charge in [0.2, 0.25) is 0 Å². The fourth-order valence-corrected chi connectivity index (χ4v) is 2.65. The van der Waals surface area contributed by atoms with Crippen LogP contribution < -0.4 is 4.74 Å². The van der Waals surface area contributed by atoms with Crippen molar-refractivity contribution in [2.75, 3.05) is 6.61 Å². The van der Waals surface area contributed by atoms with Gasteiger partial charge in [0.05, 0.1) is 17.1 Å². The Hall–Kier alpha value is -1.78. The van der Waals surface area contributed by atoms with E-state index in [1.54, 1.807) is 6.07 Å². The van der Waals surface area contributed by atoms with Gasteiger partial charge in [-0.05, 0) is 29.8 Å². The molecule has 0 bridgehead atoms. The van der Waals surface area contributed by atoms with Gasteiger partial charge >= 0.3 is 0 Å². The van der Waals surface area contributed by atoms with Gasteiger partial charge in [-0.25, -0.2) is 9.97 Å². The highest BCUT2D eigenvalue weighted by molar-refractivity contribution is 6.41. The van der Waals surface area contributed by atoms with E-state index in [1.807, 2.05) is 12.1 Å². The molecule has 1 aliphatic heterocycles. The summed E-state index contributed by atoms with van der Waals surface area (Å²) in [6, 6.07) is 7.77. The van der Waals surface area contributed by atoms with Crippen LogP contribution in [0.2, 0.25) is 10.2 Å². The van der Waals surface area contributed by atoms with Crippen molar-refractivity contribution in [1.29, 1.82) is 0 Å². The van der Waals surface area contributed by atoms with Crippen LogP contribution in [0.1, 0.15) is 5.56 Å². The Balaban J connectivity index is 1.86. The van der Waals surface area contributed by atoms with Crippen LogP contribution in [0.25, 0.3) is 22.6 Å². The number of aromatic nitrogens is 3. The maximum Gasteiger partial charge on any atom is 0.179 e. The molecule has 4 rings (SSSR count). The van der Waals surface area contributed by atoms with Crippen LogP contribution in [0.4, 0.5) is 0 Å². The van der Waals surface area contributed by atoms with Crippen LogP contribution in [0.3, 0.4) is 0 Å². The Morgan fingerprint density at radius 1 is 1.15 bits per heavy atom. The van der Waals surface area contributed by atoms with Gasteiger partial charge in [-0.3, -0.25) is 0 Å². The van der Waals surface area contributed by atoms with Gasteiger partial charge in [-0.1, -0.05) is 23.2 Å². The molecule has 3 aromatic rings. The molecular weight excluding hydrogens is 297 g/mol. The second-order valence-electron chi connectivity index (χ2n) is 4.64. The molecule has 0 amide bonds. The standard InChI is InChI=1S/C14H9Cl2N3O/c15-9-6-10-14(18-12(9)16)19-13(17-10)8-1-2-11-7(5-8)3-4-20-11/h1-2,5-6H,3-4H2,(H,17,18,19). The van der Waals surface area contributed by atoms with Crippen LogP contribution in [0, 0.1) is 0 Å². The second-order valence-corrected chi connectivity index (χ2v) is 5.40. The smallest absolute Gasteiger partial charge is 0.179 e. The number of ether oxygens (including phenoxy) is 1. The maximum absolute atomic E-state index is 5.96. The first-order valence-corrected chi connectivity index (χ1v) is 6.94. The van der Waals surface area contributed by atoms with Crippen molar-refractivity contribution in [3.63, 3.8) is 0 Å². The summed E-state index contributed by atoms with van der Waals surface area (Å²) < 4.78 is 5.50. The molecule has 0 saturated heterocycles. The normalized spacial score (nSPS) is 13.5. The van der Waals surface area contributed by atoms with Gasteiger partial charge in [-0.2, -0.15) is 0 Å². The number of hydrogen-bond donors (Lipinski definition) is 1. The number of imidazole rings is 1. The number of fused-ring (bicyclic) bond motifs is 2. The van der Waals surface area contributed by atoms with Gasteiger partial charge < -0.3 is 9.72 Å². The number of pyridine rings is 1. The monoisotopic (exact) mass is 305 g/mol. The molecule has 1 N–H and O–H groups in total. The Bertz CT molecular complexity index is 790. The van der Waals surface area contributed by atoms with E-state index in [0.717, 1.165) is 35.7 Å². The molecule has 0 radical (unpaired) electrons. The lowest BCUT2D eigenvalue weighted by atomic mass is 10.1. The number of H-pyrrole nitrogens is 1. The fourth-order valence-electron chi connectivity index (χ4n) is 2.37. The molecule has 4 nitrogen and oxygen atoms in total. The van der Waals surface area contributed by atoms with Crippen molar-refractivity contribution in [3.8, 4) is 17.1 Å². The van der Waals surface area contributed by atoms with Crippen molar-refractivity contribution in [2.24, 2.45) is 0 Å². The lowest BCUT2D eigenvalue weighted by molar-refractivity contribution is 0.357. The molecule has 0 fully saturated rings. The van der Waals surface area contributed by atoms with Gasteiger partial charge in [0.15, 0.2) is 5.65 Å². The second kappa shape index (κ2) is 4.36. The summed E-state index contributed by atoms with van der Waals surface area (Å²) >= 11 is 11.9. The molecule has 0 aliphatic carbocycles. The third-order valence-electron chi connectivity index (χ3n) is 3.35. The Labute approximate surface area is 124 Å². The summed E-state index contributed by atoms with van der Waals surface area (Å²) in [7, 11) is 0. The first kappa shape index (κ1) is 12.0. The van der Waals surface area contributed by atoms with Crippen LogP contribution in [0.15, 0.2) is 24.3 Å². The van der Waals surface area contributed by atoms with Crippen molar-refractivity contribution < 1.29 is 4.74 Å². The van der Waals surface area contributed by atoms with E-state index >= 15 is 0 Å². The minimum atomic E-state index is 0.263. The summed E-state index contributed by atoms with van der Waals surface area (Å²) in [5.74, 6) is 1.70. The Morgan fingerprint density at radius 3 is 2.95 bits per heavy atom. The van der Waals surface area contributed by atoms with E-state index in [0.29, 0.717) is 10.7 Å². The van der Waals surface area contributed by atoms with E-state index in [-0.39, 0.29) is 5.15 Å². The number of aromatic amines is 1. The van der Waals surface area contributed by atoms with Crippen LogP contribution >= 0.6 is 23.2 Å². The first-order valence-electron chi connectivity index (χ1n) is 6.18. The van der Waals surface area contributed by atoms with Gasteiger partial charge in [-0.15, -0.1) is 0 Å². The molecule has 1 aromatic carbocycles. The van der Waals surface area contributed by atoms with Gasteiger partial charge in [0, 0.05) is 12.0 Å². The highest BCUT2D eigenvalue weighted by Gasteiger charge is 2.15. The van der Waals surface area contributed by atoms with Crippen LogP contribution in [0.5, 0.6) is 5.75 Å². The van der Waals surface area contributed by atoms with Crippen LogP contribution in [-0.2, 0) is 6.42 Å². The molecule has 0 spiro atoms. The van der Waals surface area contributed by atoms with Crippen LogP contribution in [-0.4, -0.2) is 21.6 Å². The first-order chi connectivity index (χ1) is 9.70. The molecule has 3 heterocycles.